The molecule has 0 bridgehead atoms. The van der Waals surface area contributed by atoms with Crippen LogP contribution < -0.4 is 10.9 Å². The van der Waals surface area contributed by atoms with Crippen LogP contribution in [-0.4, -0.2) is 33.8 Å². The Balaban J connectivity index is 2.35. The molecule has 0 spiro atoms. The van der Waals surface area contributed by atoms with Gasteiger partial charge >= 0.3 is 5.97 Å². The van der Waals surface area contributed by atoms with Crippen LogP contribution in [0, 0.1) is 0 Å². The van der Waals surface area contributed by atoms with Gasteiger partial charge in [0.15, 0.2) is 5.78 Å². The third-order valence-electron chi connectivity index (χ3n) is 3.22. The third-order valence-corrected chi connectivity index (χ3v) is 3.22. The number of aromatic amines is 1. The third kappa shape index (κ3) is 2.61. The number of fused-ring (bicyclic) bond motifs is 1. The molecule has 106 valence electrons. The molecule has 7 nitrogen and oxygen atoms in total. The Bertz CT molecular complexity index is 647. The number of carboxylic acid groups (broad SMARTS) is 1. The Morgan fingerprint density at radius 1 is 1.35 bits per heavy atom. The van der Waals surface area contributed by atoms with E-state index in [9.17, 15) is 19.2 Å². The van der Waals surface area contributed by atoms with E-state index in [4.69, 9.17) is 5.11 Å². The molecule has 0 saturated carbocycles. The number of nitrogens with one attached hydrogen (secondary N) is 2. The highest BCUT2D eigenvalue weighted by Crippen LogP contribution is 2.18. The molecule has 7 heteroatoms. The maximum atomic E-state index is 11.9. The van der Waals surface area contributed by atoms with Gasteiger partial charge in [-0.05, 0) is 25.8 Å². The number of rotatable bonds is 3. The highest BCUT2D eigenvalue weighted by Gasteiger charge is 2.23. The van der Waals surface area contributed by atoms with E-state index in [0.29, 0.717) is 30.5 Å². The zero-order chi connectivity index (χ0) is 14.9. The van der Waals surface area contributed by atoms with Crippen molar-refractivity contribution in [3.8, 4) is 0 Å². The SMILES string of the molecule is C[C@@H](NC(=O)c1cc2c([nH]c1=O)CCCC2=O)C(=O)O. The highest BCUT2D eigenvalue weighted by atomic mass is 16.4. The van der Waals surface area contributed by atoms with Gasteiger partial charge in [-0.15, -0.1) is 0 Å². The van der Waals surface area contributed by atoms with Crippen LogP contribution in [0.15, 0.2) is 10.9 Å². The Morgan fingerprint density at radius 3 is 2.70 bits per heavy atom. The molecule has 1 amide bonds. The summed E-state index contributed by atoms with van der Waals surface area (Å²) in [6.45, 7) is 1.29. The number of aryl methyl sites for hydroxylation is 1. The fraction of sp³-hybridized carbons (Fsp3) is 0.385. The first-order valence-electron chi connectivity index (χ1n) is 6.23. The van der Waals surface area contributed by atoms with Crippen LogP contribution in [0.25, 0.3) is 0 Å². The van der Waals surface area contributed by atoms with Gasteiger partial charge in [0.05, 0.1) is 0 Å². The number of carboxylic acids is 1. The number of carbonyl (C=O) groups is 3. The smallest absolute Gasteiger partial charge is 0.325 e. The van der Waals surface area contributed by atoms with E-state index in [-0.39, 0.29) is 11.3 Å². The number of aromatic nitrogens is 1. The van der Waals surface area contributed by atoms with Crippen LogP contribution in [0.5, 0.6) is 0 Å². The minimum atomic E-state index is -1.20. The number of ketones is 1. The molecule has 1 heterocycles. The highest BCUT2D eigenvalue weighted by molar-refractivity contribution is 6.02. The predicted molar refractivity (Wildman–Crippen MR) is 68.9 cm³/mol. The summed E-state index contributed by atoms with van der Waals surface area (Å²) < 4.78 is 0. The van der Waals surface area contributed by atoms with Crippen LogP contribution >= 0.6 is 0 Å². The number of Topliss-reactive ketones (excluding diaryl/α,β-unsaturated/α-hetero) is 1. The fourth-order valence-corrected chi connectivity index (χ4v) is 2.08. The zero-order valence-corrected chi connectivity index (χ0v) is 10.9. The summed E-state index contributed by atoms with van der Waals surface area (Å²) in [6, 6.07) is 0.133. The molecule has 20 heavy (non-hydrogen) atoms. The van der Waals surface area contributed by atoms with Crippen molar-refractivity contribution in [1.82, 2.24) is 10.3 Å². The molecule has 3 N–H and O–H groups in total. The molecule has 0 aromatic carbocycles. The number of carbonyl (C=O) groups excluding carboxylic acids is 2. The second kappa shape index (κ2) is 5.28. The molecule has 0 radical (unpaired) electrons. The first-order chi connectivity index (χ1) is 9.40. The average molecular weight is 278 g/mol. The van der Waals surface area contributed by atoms with Gasteiger partial charge in [-0.3, -0.25) is 19.2 Å². The Labute approximate surface area is 114 Å². The van der Waals surface area contributed by atoms with Crippen molar-refractivity contribution in [2.24, 2.45) is 0 Å². The van der Waals surface area contributed by atoms with Crippen LogP contribution in [0.4, 0.5) is 0 Å². The van der Waals surface area contributed by atoms with Crippen molar-refractivity contribution in [2.75, 3.05) is 0 Å². The molecule has 1 aliphatic carbocycles. The lowest BCUT2D eigenvalue weighted by molar-refractivity contribution is -0.138. The quantitative estimate of drug-likeness (QED) is 0.725. The van der Waals surface area contributed by atoms with E-state index in [1.54, 1.807) is 0 Å². The van der Waals surface area contributed by atoms with Crippen molar-refractivity contribution in [2.45, 2.75) is 32.2 Å². The molecular formula is C13H14N2O5. The molecular weight excluding hydrogens is 264 g/mol. The van der Waals surface area contributed by atoms with Crippen LogP contribution in [-0.2, 0) is 11.2 Å². The Morgan fingerprint density at radius 2 is 2.05 bits per heavy atom. The summed E-state index contributed by atoms with van der Waals surface area (Å²) in [5, 5.41) is 10.9. The molecule has 0 aliphatic heterocycles. The topological polar surface area (TPSA) is 116 Å². The molecule has 1 aliphatic rings. The summed E-state index contributed by atoms with van der Waals surface area (Å²) in [5.41, 5.74) is 0.0127. The maximum absolute atomic E-state index is 11.9. The van der Waals surface area contributed by atoms with Crippen LogP contribution in [0.1, 0.15) is 46.2 Å². The molecule has 1 aromatic rings. The second-order valence-electron chi connectivity index (χ2n) is 4.71. The monoisotopic (exact) mass is 278 g/mol. The van der Waals surface area contributed by atoms with Crippen molar-refractivity contribution in [1.29, 1.82) is 0 Å². The van der Waals surface area contributed by atoms with E-state index in [1.165, 1.54) is 13.0 Å². The Kier molecular flexibility index (Phi) is 3.69. The van der Waals surface area contributed by atoms with Gasteiger partial charge in [0.25, 0.3) is 11.5 Å². The molecule has 0 unspecified atom stereocenters. The zero-order valence-electron chi connectivity index (χ0n) is 10.9. The van der Waals surface area contributed by atoms with Gasteiger partial charge in [-0.25, -0.2) is 0 Å². The lowest BCUT2D eigenvalue weighted by Gasteiger charge is -2.15. The summed E-state index contributed by atoms with van der Waals surface area (Å²) in [6.07, 6.45) is 1.64. The lowest BCUT2D eigenvalue weighted by Crippen LogP contribution is -2.40. The molecule has 1 aromatic heterocycles. The van der Waals surface area contributed by atoms with Gasteiger partial charge in [-0.1, -0.05) is 0 Å². The van der Waals surface area contributed by atoms with Crippen molar-refractivity contribution in [3.63, 3.8) is 0 Å². The van der Waals surface area contributed by atoms with Gasteiger partial charge in [0.1, 0.15) is 11.6 Å². The number of H-pyrrole nitrogens is 1. The van der Waals surface area contributed by atoms with Gasteiger partial charge < -0.3 is 15.4 Å². The molecule has 0 fully saturated rings. The summed E-state index contributed by atoms with van der Waals surface area (Å²) >= 11 is 0. The fourth-order valence-electron chi connectivity index (χ4n) is 2.08. The van der Waals surface area contributed by atoms with E-state index < -0.39 is 23.5 Å². The summed E-state index contributed by atoms with van der Waals surface area (Å²) in [7, 11) is 0. The molecule has 0 saturated heterocycles. The predicted octanol–water partition coefficient (Wildman–Crippen LogP) is 0.0968. The number of hydrogen-bond acceptors (Lipinski definition) is 4. The Hall–Kier alpha value is -2.44. The minimum absolute atomic E-state index is 0.122. The summed E-state index contributed by atoms with van der Waals surface area (Å²) in [4.78, 5) is 48.6. The summed E-state index contributed by atoms with van der Waals surface area (Å²) in [5.74, 6) is -2.13. The van der Waals surface area contributed by atoms with Gasteiger partial charge in [-0.2, -0.15) is 0 Å². The number of amides is 1. The maximum Gasteiger partial charge on any atom is 0.325 e. The van der Waals surface area contributed by atoms with Crippen LogP contribution in [0.2, 0.25) is 0 Å². The van der Waals surface area contributed by atoms with Gasteiger partial charge in [0, 0.05) is 17.7 Å². The molecule has 2 rings (SSSR count). The van der Waals surface area contributed by atoms with E-state index in [0.717, 1.165) is 0 Å². The van der Waals surface area contributed by atoms with Crippen LogP contribution in [0.3, 0.4) is 0 Å². The number of pyridine rings is 1. The van der Waals surface area contributed by atoms with E-state index in [2.05, 4.69) is 10.3 Å². The lowest BCUT2D eigenvalue weighted by atomic mass is 9.93. The van der Waals surface area contributed by atoms with Crippen molar-refractivity contribution in [3.05, 3.63) is 33.2 Å². The number of aliphatic carboxylic acids is 1. The molecule has 1 atom stereocenters. The standard InChI is InChI=1S/C13H14N2O5/c1-6(13(19)20)14-11(17)8-5-7-9(15-12(8)18)3-2-4-10(7)16/h5-6H,2-4H2,1H3,(H,14,17)(H,15,18)(H,19,20)/t6-/m1/s1. The van der Waals surface area contributed by atoms with Crippen molar-refractivity contribution >= 4 is 17.7 Å². The van der Waals surface area contributed by atoms with E-state index in [1.807, 2.05) is 0 Å². The largest absolute Gasteiger partial charge is 0.480 e. The van der Waals surface area contributed by atoms with Gasteiger partial charge in [0.2, 0.25) is 0 Å². The average Bonchev–Trinajstić information content (AvgIpc) is 2.38. The second-order valence-corrected chi connectivity index (χ2v) is 4.71. The number of hydrogen-bond donors (Lipinski definition) is 3. The first-order valence-corrected chi connectivity index (χ1v) is 6.23. The van der Waals surface area contributed by atoms with E-state index >= 15 is 0 Å². The first kappa shape index (κ1) is 14.0. The minimum Gasteiger partial charge on any atom is -0.480 e. The van der Waals surface area contributed by atoms with Crippen molar-refractivity contribution < 1.29 is 19.5 Å². The normalized spacial score (nSPS) is 15.3.